The van der Waals surface area contributed by atoms with E-state index in [4.69, 9.17) is 11.6 Å². The number of carbonyl (C=O) groups excluding carboxylic acids is 1. The lowest BCUT2D eigenvalue weighted by Gasteiger charge is -2.08. The van der Waals surface area contributed by atoms with Crippen molar-refractivity contribution in [3.05, 3.63) is 66.2 Å². The first-order chi connectivity index (χ1) is 13.1. The number of nitrogens with zero attached hydrogens (tertiary/aromatic N) is 4. The van der Waals surface area contributed by atoms with Crippen molar-refractivity contribution < 1.29 is 9.18 Å². The van der Waals surface area contributed by atoms with Crippen LogP contribution in [0.15, 0.2) is 60.4 Å². The molecule has 0 unspecified atom stereocenters. The number of benzene rings is 1. The number of hydrogen-bond donors (Lipinski definition) is 1. The van der Waals surface area contributed by atoms with Gasteiger partial charge in [-0.25, -0.2) is 9.37 Å². The van der Waals surface area contributed by atoms with Gasteiger partial charge in [0, 0.05) is 18.3 Å². The van der Waals surface area contributed by atoms with E-state index in [1.807, 2.05) is 4.57 Å². The van der Waals surface area contributed by atoms with Crippen LogP contribution >= 0.6 is 23.4 Å². The van der Waals surface area contributed by atoms with E-state index in [1.54, 1.807) is 36.5 Å². The summed E-state index contributed by atoms with van der Waals surface area (Å²) in [4.78, 5) is 16.1. The van der Waals surface area contributed by atoms with Crippen LogP contribution in [-0.4, -0.2) is 31.4 Å². The SMILES string of the molecule is C=CCn1c(SCC(=O)Nc2cccnc2Cl)nnc1-c1ccc(F)cc1. The van der Waals surface area contributed by atoms with Gasteiger partial charge in [-0.1, -0.05) is 29.4 Å². The number of amides is 1. The van der Waals surface area contributed by atoms with Crippen LogP contribution in [0, 0.1) is 5.82 Å². The number of rotatable bonds is 7. The normalized spacial score (nSPS) is 10.6. The van der Waals surface area contributed by atoms with Gasteiger partial charge in [-0.05, 0) is 36.4 Å². The summed E-state index contributed by atoms with van der Waals surface area (Å²) in [5.74, 6) is 0.123. The molecule has 9 heteroatoms. The molecule has 2 heterocycles. The van der Waals surface area contributed by atoms with Gasteiger partial charge in [0.2, 0.25) is 5.91 Å². The molecule has 1 N–H and O–H groups in total. The fourth-order valence-electron chi connectivity index (χ4n) is 2.30. The molecule has 0 spiro atoms. The summed E-state index contributed by atoms with van der Waals surface area (Å²) in [6, 6.07) is 9.34. The van der Waals surface area contributed by atoms with Gasteiger partial charge < -0.3 is 5.32 Å². The van der Waals surface area contributed by atoms with Crippen LogP contribution in [0.25, 0.3) is 11.4 Å². The van der Waals surface area contributed by atoms with Crippen molar-refractivity contribution in [3.63, 3.8) is 0 Å². The van der Waals surface area contributed by atoms with E-state index >= 15 is 0 Å². The average Bonchev–Trinajstić information content (AvgIpc) is 3.06. The molecule has 0 aliphatic heterocycles. The van der Waals surface area contributed by atoms with Crippen molar-refractivity contribution >= 4 is 35.0 Å². The van der Waals surface area contributed by atoms with Crippen LogP contribution in [0.1, 0.15) is 0 Å². The number of allylic oxidation sites excluding steroid dienone is 1. The summed E-state index contributed by atoms with van der Waals surface area (Å²) >= 11 is 7.17. The lowest BCUT2D eigenvalue weighted by atomic mass is 10.2. The number of hydrogen-bond acceptors (Lipinski definition) is 5. The van der Waals surface area contributed by atoms with E-state index in [0.29, 0.717) is 23.2 Å². The molecular weight excluding hydrogens is 389 g/mol. The molecule has 0 aliphatic rings. The van der Waals surface area contributed by atoms with Crippen LogP contribution in [0.2, 0.25) is 5.15 Å². The van der Waals surface area contributed by atoms with Gasteiger partial charge in [-0.15, -0.1) is 16.8 Å². The second kappa shape index (κ2) is 8.79. The quantitative estimate of drug-likeness (QED) is 0.366. The number of nitrogens with one attached hydrogen (secondary N) is 1. The molecule has 27 heavy (non-hydrogen) atoms. The Labute approximate surface area is 164 Å². The molecule has 138 valence electrons. The first-order valence-corrected chi connectivity index (χ1v) is 9.28. The largest absolute Gasteiger partial charge is 0.323 e. The Hall–Kier alpha value is -2.71. The minimum absolute atomic E-state index is 0.115. The third-order valence-corrected chi connectivity index (χ3v) is 4.76. The second-order valence-corrected chi connectivity index (χ2v) is 6.69. The average molecular weight is 404 g/mol. The minimum atomic E-state index is -0.325. The zero-order valence-corrected chi connectivity index (χ0v) is 15.7. The Morgan fingerprint density at radius 1 is 1.30 bits per heavy atom. The van der Waals surface area contributed by atoms with Crippen LogP contribution < -0.4 is 5.32 Å². The number of pyridine rings is 1. The first kappa shape index (κ1) is 19.1. The molecule has 0 saturated heterocycles. The van der Waals surface area contributed by atoms with Crippen LogP contribution in [0.5, 0.6) is 0 Å². The molecule has 0 saturated carbocycles. The topological polar surface area (TPSA) is 72.7 Å². The first-order valence-electron chi connectivity index (χ1n) is 7.91. The molecular formula is C18H15ClFN5OS. The monoisotopic (exact) mass is 403 g/mol. The van der Waals surface area contributed by atoms with Gasteiger partial charge in [-0.3, -0.25) is 9.36 Å². The van der Waals surface area contributed by atoms with Gasteiger partial charge in [0.15, 0.2) is 16.1 Å². The van der Waals surface area contributed by atoms with Gasteiger partial charge in [-0.2, -0.15) is 0 Å². The summed E-state index contributed by atoms with van der Waals surface area (Å²) < 4.78 is 15.0. The minimum Gasteiger partial charge on any atom is -0.323 e. The van der Waals surface area contributed by atoms with Crippen molar-refractivity contribution in [2.24, 2.45) is 0 Å². The molecule has 0 radical (unpaired) electrons. The highest BCUT2D eigenvalue weighted by Crippen LogP contribution is 2.25. The summed E-state index contributed by atoms with van der Waals surface area (Å²) in [6.45, 7) is 4.20. The van der Waals surface area contributed by atoms with Crippen molar-refractivity contribution in [2.45, 2.75) is 11.7 Å². The Balaban J connectivity index is 1.73. The molecule has 0 aliphatic carbocycles. The number of aromatic nitrogens is 4. The molecule has 0 bridgehead atoms. The fraction of sp³-hybridized carbons (Fsp3) is 0.111. The predicted molar refractivity (Wildman–Crippen MR) is 104 cm³/mol. The van der Waals surface area contributed by atoms with Crippen LogP contribution in [0.4, 0.5) is 10.1 Å². The predicted octanol–water partition coefficient (Wildman–Crippen LogP) is 4.05. The molecule has 0 fully saturated rings. The Bertz CT molecular complexity index is 961. The number of anilines is 1. The molecule has 1 aromatic carbocycles. The maximum atomic E-state index is 13.2. The summed E-state index contributed by atoms with van der Waals surface area (Å²) in [6.07, 6.45) is 3.25. The van der Waals surface area contributed by atoms with Gasteiger partial charge in [0.1, 0.15) is 5.82 Å². The smallest absolute Gasteiger partial charge is 0.234 e. The Morgan fingerprint density at radius 3 is 2.78 bits per heavy atom. The molecule has 0 atom stereocenters. The fourth-order valence-corrected chi connectivity index (χ4v) is 3.21. The standard InChI is InChI=1S/C18H15ClFN5OS/c1-2-10-25-17(12-5-7-13(20)8-6-12)23-24-18(25)27-11-15(26)22-14-4-3-9-21-16(14)19/h2-9H,1,10-11H2,(H,22,26). The summed E-state index contributed by atoms with van der Waals surface area (Å²) in [7, 11) is 0. The molecule has 3 rings (SSSR count). The Morgan fingerprint density at radius 2 is 2.07 bits per heavy atom. The van der Waals surface area contributed by atoms with E-state index in [9.17, 15) is 9.18 Å². The van der Waals surface area contributed by atoms with E-state index in [2.05, 4.69) is 27.1 Å². The summed E-state index contributed by atoms with van der Waals surface area (Å²) in [5, 5.41) is 11.8. The van der Waals surface area contributed by atoms with E-state index in [1.165, 1.54) is 23.9 Å². The lowest BCUT2D eigenvalue weighted by Crippen LogP contribution is -2.15. The van der Waals surface area contributed by atoms with E-state index in [-0.39, 0.29) is 22.6 Å². The molecule has 1 amide bonds. The molecule has 6 nitrogen and oxygen atoms in total. The van der Waals surface area contributed by atoms with E-state index < -0.39 is 0 Å². The highest BCUT2D eigenvalue weighted by atomic mass is 35.5. The second-order valence-electron chi connectivity index (χ2n) is 5.39. The lowest BCUT2D eigenvalue weighted by molar-refractivity contribution is -0.113. The van der Waals surface area contributed by atoms with Crippen LogP contribution in [0.3, 0.4) is 0 Å². The highest BCUT2D eigenvalue weighted by molar-refractivity contribution is 7.99. The van der Waals surface area contributed by atoms with E-state index in [0.717, 1.165) is 5.56 Å². The Kier molecular flexibility index (Phi) is 6.20. The zero-order chi connectivity index (χ0) is 19.2. The molecule has 3 aromatic rings. The van der Waals surface area contributed by atoms with Gasteiger partial charge >= 0.3 is 0 Å². The van der Waals surface area contributed by atoms with Gasteiger partial charge in [0.05, 0.1) is 11.4 Å². The molecule has 2 aromatic heterocycles. The maximum Gasteiger partial charge on any atom is 0.234 e. The number of thioether (sulfide) groups is 1. The summed E-state index contributed by atoms with van der Waals surface area (Å²) in [5.41, 5.74) is 1.17. The van der Waals surface area contributed by atoms with Crippen molar-refractivity contribution in [2.75, 3.05) is 11.1 Å². The van der Waals surface area contributed by atoms with Crippen LogP contribution in [-0.2, 0) is 11.3 Å². The highest BCUT2D eigenvalue weighted by Gasteiger charge is 2.15. The van der Waals surface area contributed by atoms with Crippen molar-refractivity contribution in [1.82, 2.24) is 19.7 Å². The van der Waals surface area contributed by atoms with Crippen molar-refractivity contribution in [1.29, 1.82) is 0 Å². The van der Waals surface area contributed by atoms with Crippen molar-refractivity contribution in [3.8, 4) is 11.4 Å². The third kappa shape index (κ3) is 4.72. The van der Waals surface area contributed by atoms with Gasteiger partial charge in [0.25, 0.3) is 0 Å². The zero-order valence-electron chi connectivity index (χ0n) is 14.1. The third-order valence-electron chi connectivity index (χ3n) is 3.50. The number of carbonyl (C=O) groups is 1. The number of halogens is 2. The maximum absolute atomic E-state index is 13.2.